The maximum absolute atomic E-state index is 13.6. The quantitative estimate of drug-likeness (QED) is 0.804. The third kappa shape index (κ3) is 2.90. The lowest BCUT2D eigenvalue weighted by atomic mass is 10.1. The third-order valence-corrected chi connectivity index (χ3v) is 3.78. The Kier molecular flexibility index (Phi) is 4.55. The number of halogens is 2. The second-order valence-corrected chi connectivity index (χ2v) is 5.32. The topological polar surface area (TPSA) is 20.3 Å². The van der Waals surface area contributed by atoms with E-state index in [-0.39, 0.29) is 5.91 Å². The maximum atomic E-state index is 13.6. The fourth-order valence-electron chi connectivity index (χ4n) is 2.07. The molecule has 20 heavy (non-hydrogen) atoms. The van der Waals surface area contributed by atoms with E-state index < -0.39 is 5.82 Å². The Morgan fingerprint density at radius 1 is 1.25 bits per heavy atom. The zero-order chi connectivity index (χ0) is 14.7. The smallest absolute Gasteiger partial charge is 0.258 e. The number of para-hydroxylation sites is 1. The molecule has 0 spiro atoms. The molecule has 2 aromatic carbocycles. The van der Waals surface area contributed by atoms with E-state index in [9.17, 15) is 9.18 Å². The van der Waals surface area contributed by atoms with Crippen LogP contribution in [0, 0.1) is 12.7 Å². The van der Waals surface area contributed by atoms with E-state index in [1.54, 1.807) is 17.0 Å². The van der Waals surface area contributed by atoms with Crippen LogP contribution in [0.2, 0.25) is 0 Å². The lowest BCUT2D eigenvalue weighted by Gasteiger charge is -2.23. The van der Waals surface area contributed by atoms with Crippen LogP contribution in [-0.4, -0.2) is 12.5 Å². The van der Waals surface area contributed by atoms with Crippen LogP contribution in [0.5, 0.6) is 0 Å². The summed E-state index contributed by atoms with van der Waals surface area (Å²) < 4.78 is 13.9. The number of nitrogens with zero attached hydrogens (tertiary/aromatic N) is 1. The standard InChI is InChI=1S/C16H15BrFNO/c1-3-19(15-7-5-4-6-11(15)2)16(20)12-8-9-13(17)14(18)10-12/h4-10H,3H2,1-2H3. The van der Waals surface area contributed by atoms with Gasteiger partial charge in [0.25, 0.3) is 5.91 Å². The van der Waals surface area contributed by atoms with Crippen molar-refractivity contribution in [2.45, 2.75) is 13.8 Å². The minimum atomic E-state index is -0.434. The summed E-state index contributed by atoms with van der Waals surface area (Å²) in [6.45, 7) is 4.38. The average Bonchev–Trinajstić information content (AvgIpc) is 2.44. The van der Waals surface area contributed by atoms with Crippen molar-refractivity contribution in [3.05, 3.63) is 63.9 Å². The van der Waals surface area contributed by atoms with Crippen LogP contribution >= 0.6 is 15.9 Å². The fraction of sp³-hybridized carbons (Fsp3) is 0.188. The monoisotopic (exact) mass is 335 g/mol. The van der Waals surface area contributed by atoms with Gasteiger partial charge in [0.05, 0.1) is 4.47 Å². The van der Waals surface area contributed by atoms with Gasteiger partial charge in [0, 0.05) is 17.8 Å². The molecule has 0 N–H and O–H groups in total. The van der Waals surface area contributed by atoms with Crippen LogP contribution in [-0.2, 0) is 0 Å². The molecular weight excluding hydrogens is 321 g/mol. The Labute approximate surface area is 126 Å². The Bertz CT molecular complexity index is 642. The summed E-state index contributed by atoms with van der Waals surface area (Å²) in [4.78, 5) is 14.2. The molecule has 0 unspecified atom stereocenters. The number of aryl methyl sites for hydroxylation is 1. The highest BCUT2D eigenvalue weighted by molar-refractivity contribution is 9.10. The second-order valence-electron chi connectivity index (χ2n) is 4.46. The van der Waals surface area contributed by atoms with E-state index in [2.05, 4.69) is 15.9 Å². The Hall–Kier alpha value is -1.68. The van der Waals surface area contributed by atoms with Crippen molar-refractivity contribution in [3.63, 3.8) is 0 Å². The van der Waals surface area contributed by atoms with Gasteiger partial charge in [-0.05, 0) is 59.6 Å². The molecule has 0 heterocycles. The molecule has 0 aliphatic carbocycles. The number of rotatable bonds is 3. The summed E-state index contributed by atoms with van der Waals surface area (Å²) in [5.41, 5.74) is 2.21. The summed E-state index contributed by atoms with van der Waals surface area (Å²) in [7, 11) is 0. The molecule has 0 aromatic heterocycles. The van der Waals surface area contributed by atoms with Crippen molar-refractivity contribution in [3.8, 4) is 0 Å². The molecule has 2 aromatic rings. The first-order chi connectivity index (χ1) is 9.54. The van der Waals surface area contributed by atoms with Crippen molar-refractivity contribution >= 4 is 27.5 Å². The molecule has 0 atom stereocenters. The lowest BCUT2D eigenvalue weighted by molar-refractivity contribution is 0.0987. The van der Waals surface area contributed by atoms with Crippen LogP contribution < -0.4 is 4.90 Å². The number of carbonyl (C=O) groups is 1. The van der Waals surface area contributed by atoms with Gasteiger partial charge in [-0.2, -0.15) is 0 Å². The number of benzene rings is 2. The summed E-state index contributed by atoms with van der Waals surface area (Å²) in [5.74, 6) is -0.634. The van der Waals surface area contributed by atoms with Crippen LogP contribution in [0.4, 0.5) is 10.1 Å². The Morgan fingerprint density at radius 3 is 2.55 bits per heavy atom. The predicted molar refractivity (Wildman–Crippen MR) is 82.6 cm³/mol. The number of amides is 1. The van der Waals surface area contributed by atoms with Gasteiger partial charge in [-0.15, -0.1) is 0 Å². The largest absolute Gasteiger partial charge is 0.308 e. The van der Waals surface area contributed by atoms with Gasteiger partial charge in [-0.3, -0.25) is 4.79 Å². The Morgan fingerprint density at radius 2 is 1.95 bits per heavy atom. The zero-order valence-corrected chi connectivity index (χ0v) is 12.9. The average molecular weight is 336 g/mol. The first-order valence-electron chi connectivity index (χ1n) is 6.37. The maximum Gasteiger partial charge on any atom is 0.258 e. The van der Waals surface area contributed by atoms with Crippen molar-refractivity contribution in [1.82, 2.24) is 0 Å². The minimum Gasteiger partial charge on any atom is -0.308 e. The molecule has 0 aliphatic heterocycles. The van der Waals surface area contributed by atoms with Crippen molar-refractivity contribution in [2.75, 3.05) is 11.4 Å². The molecule has 0 aliphatic rings. The summed E-state index contributed by atoms with van der Waals surface area (Å²) >= 11 is 3.09. The van der Waals surface area contributed by atoms with Gasteiger partial charge < -0.3 is 4.90 Å². The van der Waals surface area contributed by atoms with Crippen LogP contribution in [0.25, 0.3) is 0 Å². The van der Waals surface area contributed by atoms with Gasteiger partial charge in [0.2, 0.25) is 0 Å². The molecule has 0 radical (unpaired) electrons. The van der Waals surface area contributed by atoms with Crippen molar-refractivity contribution in [1.29, 1.82) is 0 Å². The number of anilines is 1. The zero-order valence-electron chi connectivity index (χ0n) is 11.4. The van der Waals surface area contributed by atoms with Crippen LogP contribution in [0.3, 0.4) is 0 Å². The fourth-order valence-corrected chi connectivity index (χ4v) is 2.32. The highest BCUT2D eigenvalue weighted by atomic mass is 79.9. The van der Waals surface area contributed by atoms with Gasteiger partial charge in [-0.25, -0.2) is 4.39 Å². The first-order valence-corrected chi connectivity index (χ1v) is 7.16. The van der Waals surface area contributed by atoms with Crippen molar-refractivity contribution in [2.24, 2.45) is 0 Å². The molecule has 0 bridgehead atoms. The van der Waals surface area contributed by atoms with E-state index in [0.29, 0.717) is 16.6 Å². The van der Waals surface area contributed by atoms with Gasteiger partial charge in [0.15, 0.2) is 0 Å². The van der Waals surface area contributed by atoms with E-state index in [1.165, 1.54) is 6.07 Å². The molecule has 2 rings (SSSR count). The van der Waals surface area contributed by atoms with Crippen LogP contribution in [0.15, 0.2) is 46.9 Å². The van der Waals surface area contributed by atoms with Gasteiger partial charge in [0.1, 0.15) is 5.82 Å². The minimum absolute atomic E-state index is 0.201. The number of hydrogen-bond acceptors (Lipinski definition) is 1. The SMILES string of the molecule is CCN(C(=O)c1ccc(Br)c(F)c1)c1ccccc1C. The van der Waals surface area contributed by atoms with Gasteiger partial charge in [-0.1, -0.05) is 18.2 Å². The summed E-state index contributed by atoms with van der Waals surface area (Å²) in [5, 5.41) is 0. The lowest BCUT2D eigenvalue weighted by Crippen LogP contribution is -2.31. The molecule has 2 nitrogen and oxygen atoms in total. The number of carbonyl (C=O) groups excluding carboxylic acids is 1. The Balaban J connectivity index is 2.39. The van der Waals surface area contributed by atoms with Crippen molar-refractivity contribution < 1.29 is 9.18 Å². The number of hydrogen-bond donors (Lipinski definition) is 0. The first kappa shape index (κ1) is 14.7. The van der Waals surface area contributed by atoms with E-state index in [4.69, 9.17) is 0 Å². The highest BCUT2D eigenvalue weighted by Crippen LogP contribution is 2.23. The van der Waals surface area contributed by atoms with E-state index >= 15 is 0 Å². The van der Waals surface area contributed by atoms with Gasteiger partial charge >= 0.3 is 0 Å². The molecular formula is C16H15BrFNO. The molecule has 0 saturated carbocycles. The van der Waals surface area contributed by atoms with Crippen LogP contribution in [0.1, 0.15) is 22.8 Å². The normalized spacial score (nSPS) is 10.4. The highest BCUT2D eigenvalue weighted by Gasteiger charge is 2.18. The predicted octanol–water partition coefficient (Wildman–Crippen LogP) is 4.56. The summed E-state index contributed by atoms with van der Waals surface area (Å²) in [6.07, 6.45) is 0. The third-order valence-electron chi connectivity index (χ3n) is 3.13. The molecule has 0 fully saturated rings. The molecule has 0 saturated heterocycles. The molecule has 104 valence electrons. The summed E-state index contributed by atoms with van der Waals surface area (Å²) in [6, 6.07) is 12.1. The second kappa shape index (κ2) is 6.18. The van der Waals surface area contributed by atoms with E-state index in [1.807, 2.05) is 38.1 Å². The van der Waals surface area contributed by atoms with E-state index in [0.717, 1.165) is 11.3 Å². The molecule has 1 amide bonds. The molecule has 4 heteroatoms.